The van der Waals surface area contributed by atoms with Crippen LogP contribution in [0, 0.1) is 5.82 Å². The van der Waals surface area contributed by atoms with Gasteiger partial charge >= 0.3 is 0 Å². The van der Waals surface area contributed by atoms with E-state index in [1.807, 2.05) is 42.2 Å². The van der Waals surface area contributed by atoms with Crippen LogP contribution in [0.15, 0.2) is 48.5 Å². The lowest BCUT2D eigenvalue weighted by Gasteiger charge is -2.52. The lowest BCUT2D eigenvalue weighted by molar-refractivity contribution is 0.0495. The fourth-order valence-corrected chi connectivity index (χ4v) is 3.75. The molecule has 3 nitrogen and oxygen atoms in total. The Morgan fingerprint density at radius 2 is 2.05 bits per heavy atom. The van der Waals surface area contributed by atoms with Crippen LogP contribution in [0.3, 0.4) is 0 Å². The van der Waals surface area contributed by atoms with Crippen LogP contribution in [0.2, 0.25) is 0 Å². The van der Waals surface area contributed by atoms with Crippen molar-refractivity contribution in [2.75, 3.05) is 4.90 Å². The van der Waals surface area contributed by atoms with Gasteiger partial charge in [0.25, 0.3) is 0 Å². The van der Waals surface area contributed by atoms with Crippen LogP contribution in [0.25, 0.3) is 0 Å². The molecule has 0 spiro atoms. The normalized spacial score (nSPS) is 26.0. The zero-order valence-corrected chi connectivity index (χ0v) is 12.9. The first-order valence-electron chi connectivity index (χ1n) is 7.21. The second-order valence-corrected chi connectivity index (χ2v) is 6.22. The van der Waals surface area contributed by atoms with Gasteiger partial charge in [-0.1, -0.05) is 18.2 Å². The van der Waals surface area contributed by atoms with Crippen LogP contribution in [-0.4, -0.2) is 10.8 Å². The molecule has 0 saturated carbocycles. The molecule has 0 aromatic heterocycles. The summed E-state index contributed by atoms with van der Waals surface area (Å²) in [6.45, 7) is 2.02. The molecule has 2 aliphatic heterocycles. The number of nitrogens with one attached hydrogen (secondary N) is 1. The minimum Gasteiger partial charge on any atom is -0.467 e. The SMILES string of the molecule is C[C@]12C[C@@H](NC(=S)N1c1ccccc1)c1cc(F)ccc1O2. The summed E-state index contributed by atoms with van der Waals surface area (Å²) < 4.78 is 19.7. The van der Waals surface area contributed by atoms with Crippen LogP contribution >= 0.6 is 12.2 Å². The maximum atomic E-state index is 13.5. The third-order valence-corrected chi connectivity index (χ3v) is 4.55. The van der Waals surface area contributed by atoms with Gasteiger partial charge in [-0.25, -0.2) is 4.39 Å². The predicted molar refractivity (Wildman–Crippen MR) is 87.4 cm³/mol. The number of hydrogen-bond donors (Lipinski definition) is 1. The molecule has 0 aliphatic carbocycles. The third kappa shape index (κ3) is 1.96. The van der Waals surface area contributed by atoms with Gasteiger partial charge in [0.1, 0.15) is 11.6 Å². The third-order valence-electron chi connectivity index (χ3n) is 4.25. The summed E-state index contributed by atoms with van der Waals surface area (Å²) in [5.41, 5.74) is 1.22. The Kier molecular flexibility index (Phi) is 2.87. The predicted octanol–water partition coefficient (Wildman–Crippen LogP) is 3.76. The molecule has 2 heterocycles. The maximum absolute atomic E-state index is 13.5. The Morgan fingerprint density at radius 3 is 2.82 bits per heavy atom. The average molecular weight is 314 g/mol. The summed E-state index contributed by atoms with van der Waals surface area (Å²) in [6.07, 6.45) is 0.693. The number of halogens is 1. The molecule has 0 radical (unpaired) electrons. The summed E-state index contributed by atoms with van der Waals surface area (Å²) in [5.74, 6) is 0.445. The van der Waals surface area contributed by atoms with Gasteiger partial charge in [0, 0.05) is 17.7 Å². The van der Waals surface area contributed by atoms with Crippen molar-refractivity contribution in [3.63, 3.8) is 0 Å². The van der Waals surface area contributed by atoms with Crippen LogP contribution in [0.1, 0.15) is 24.9 Å². The van der Waals surface area contributed by atoms with E-state index in [4.69, 9.17) is 17.0 Å². The molecule has 4 rings (SSSR count). The lowest BCUT2D eigenvalue weighted by Crippen LogP contribution is -2.65. The van der Waals surface area contributed by atoms with Gasteiger partial charge in [0.15, 0.2) is 10.8 Å². The summed E-state index contributed by atoms with van der Waals surface area (Å²) in [4.78, 5) is 1.99. The van der Waals surface area contributed by atoms with Crippen molar-refractivity contribution in [3.05, 3.63) is 59.9 Å². The first kappa shape index (κ1) is 13.5. The van der Waals surface area contributed by atoms with E-state index in [1.165, 1.54) is 12.1 Å². The quantitative estimate of drug-likeness (QED) is 0.810. The monoisotopic (exact) mass is 314 g/mol. The highest BCUT2D eigenvalue weighted by atomic mass is 32.1. The molecule has 2 aromatic rings. The Morgan fingerprint density at radius 1 is 1.27 bits per heavy atom. The number of benzene rings is 2. The Labute approximate surface area is 133 Å². The van der Waals surface area contributed by atoms with Crippen molar-refractivity contribution in [3.8, 4) is 5.75 Å². The smallest absolute Gasteiger partial charge is 0.188 e. The first-order chi connectivity index (χ1) is 10.6. The molecule has 2 aromatic carbocycles. The van der Waals surface area contributed by atoms with E-state index < -0.39 is 5.72 Å². The fourth-order valence-electron chi connectivity index (χ4n) is 3.31. The highest BCUT2D eigenvalue weighted by Gasteiger charge is 2.48. The highest BCUT2D eigenvalue weighted by molar-refractivity contribution is 7.80. The fraction of sp³-hybridized carbons (Fsp3) is 0.235. The number of nitrogens with zero attached hydrogens (tertiary/aromatic N) is 1. The van der Waals surface area contributed by atoms with Gasteiger partial charge in [-0.05, 0) is 49.5 Å². The Balaban J connectivity index is 1.81. The average Bonchev–Trinajstić information content (AvgIpc) is 2.48. The van der Waals surface area contributed by atoms with Gasteiger partial charge in [-0.15, -0.1) is 0 Å². The molecular weight excluding hydrogens is 299 g/mol. The lowest BCUT2D eigenvalue weighted by atomic mass is 9.90. The van der Waals surface area contributed by atoms with E-state index in [0.29, 0.717) is 17.3 Å². The standard InChI is InChI=1S/C17H15FN2OS/c1-17-10-14(13-9-11(18)7-8-15(13)21-17)19-16(22)20(17)12-5-3-2-4-6-12/h2-9,14H,10H2,1H3,(H,19,22)/t14-,17+/m1/s1. The first-order valence-corrected chi connectivity index (χ1v) is 7.62. The second-order valence-electron chi connectivity index (χ2n) is 5.84. The summed E-state index contributed by atoms with van der Waals surface area (Å²) in [5, 5.41) is 3.91. The number of thiocarbonyl (C=S) groups is 1. The zero-order valence-electron chi connectivity index (χ0n) is 12.0. The van der Waals surface area contributed by atoms with E-state index in [-0.39, 0.29) is 11.9 Å². The van der Waals surface area contributed by atoms with Crippen molar-refractivity contribution >= 4 is 23.0 Å². The molecule has 2 atom stereocenters. The van der Waals surface area contributed by atoms with E-state index in [0.717, 1.165) is 11.3 Å². The van der Waals surface area contributed by atoms with Gasteiger partial charge < -0.3 is 10.1 Å². The number of anilines is 1. The molecule has 22 heavy (non-hydrogen) atoms. The largest absolute Gasteiger partial charge is 0.467 e. The molecular formula is C17H15FN2OS. The number of ether oxygens (including phenoxy) is 1. The molecule has 2 bridgehead atoms. The van der Waals surface area contributed by atoms with Crippen molar-refractivity contribution < 1.29 is 9.13 Å². The maximum Gasteiger partial charge on any atom is 0.188 e. The van der Waals surface area contributed by atoms with E-state index in [2.05, 4.69) is 5.32 Å². The van der Waals surface area contributed by atoms with Crippen molar-refractivity contribution in [1.82, 2.24) is 5.32 Å². The summed E-state index contributed by atoms with van der Waals surface area (Å²) in [6, 6.07) is 14.5. The second kappa shape index (κ2) is 4.68. The van der Waals surface area contributed by atoms with Crippen molar-refractivity contribution in [2.24, 2.45) is 0 Å². The van der Waals surface area contributed by atoms with Crippen LogP contribution in [0.5, 0.6) is 5.75 Å². The molecule has 0 unspecified atom stereocenters. The molecule has 1 N–H and O–H groups in total. The van der Waals surface area contributed by atoms with Gasteiger partial charge in [-0.3, -0.25) is 4.90 Å². The van der Waals surface area contributed by atoms with Crippen molar-refractivity contribution in [2.45, 2.75) is 25.1 Å². The van der Waals surface area contributed by atoms with Crippen LogP contribution < -0.4 is 15.0 Å². The Bertz CT molecular complexity index is 752. The summed E-state index contributed by atoms with van der Waals surface area (Å²) in [7, 11) is 0. The highest BCUT2D eigenvalue weighted by Crippen LogP contribution is 2.45. The number of para-hydroxylation sites is 1. The molecule has 2 aliphatic rings. The van der Waals surface area contributed by atoms with E-state index >= 15 is 0 Å². The molecule has 0 amide bonds. The van der Waals surface area contributed by atoms with Crippen LogP contribution in [-0.2, 0) is 0 Å². The number of hydrogen-bond acceptors (Lipinski definition) is 2. The van der Waals surface area contributed by atoms with E-state index in [1.54, 1.807) is 6.07 Å². The van der Waals surface area contributed by atoms with Gasteiger partial charge in [-0.2, -0.15) is 0 Å². The summed E-state index contributed by atoms with van der Waals surface area (Å²) >= 11 is 5.54. The molecule has 1 saturated heterocycles. The molecule has 1 fully saturated rings. The van der Waals surface area contributed by atoms with Crippen molar-refractivity contribution in [1.29, 1.82) is 0 Å². The number of fused-ring (bicyclic) bond motifs is 4. The van der Waals surface area contributed by atoms with Crippen LogP contribution in [0.4, 0.5) is 10.1 Å². The minimum absolute atomic E-state index is 0.0306. The molecule has 5 heteroatoms. The van der Waals surface area contributed by atoms with Gasteiger partial charge in [0.05, 0.1) is 6.04 Å². The minimum atomic E-state index is -0.584. The van der Waals surface area contributed by atoms with E-state index in [9.17, 15) is 4.39 Å². The number of rotatable bonds is 1. The van der Waals surface area contributed by atoms with Gasteiger partial charge in [0.2, 0.25) is 0 Å². The molecule has 112 valence electrons. The topological polar surface area (TPSA) is 24.5 Å². The Hall–Kier alpha value is -2.14. The zero-order chi connectivity index (χ0) is 15.3.